The van der Waals surface area contributed by atoms with Gasteiger partial charge in [-0.05, 0) is 41.4 Å². The average Bonchev–Trinajstić information content (AvgIpc) is 2.74. The lowest BCUT2D eigenvalue weighted by Gasteiger charge is -2.35. The first-order valence-corrected chi connectivity index (χ1v) is 7.94. The Kier molecular flexibility index (Phi) is 7.13. The van der Waals surface area contributed by atoms with Crippen molar-refractivity contribution in [1.82, 2.24) is 20.0 Å². The van der Waals surface area contributed by atoms with Gasteiger partial charge in [-0.25, -0.2) is 0 Å². The van der Waals surface area contributed by atoms with Gasteiger partial charge in [0.25, 0.3) is 0 Å². The van der Waals surface area contributed by atoms with E-state index in [1.54, 1.807) is 6.20 Å². The van der Waals surface area contributed by atoms with Crippen LogP contribution in [0.3, 0.4) is 0 Å². The minimum absolute atomic E-state index is 0.000359. The highest BCUT2D eigenvalue weighted by Gasteiger charge is 2.35. The lowest BCUT2D eigenvalue weighted by molar-refractivity contribution is -0.0409. The summed E-state index contributed by atoms with van der Waals surface area (Å²) in [5.41, 5.74) is 0.642. The van der Waals surface area contributed by atoms with Crippen molar-refractivity contribution < 1.29 is 4.74 Å². The number of hydrogen-bond donors (Lipinski definition) is 1. The minimum atomic E-state index is -0.357. The van der Waals surface area contributed by atoms with Crippen molar-refractivity contribution in [2.24, 2.45) is 0 Å². The second kappa shape index (κ2) is 8.13. The van der Waals surface area contributed by atoms with Gasteiger partial charge in [-0.1, -0.05) is 18.5 Å². The van der Waals surface area contributed by atoms with E-state index in [-0.39, 0.29) is 11.6 Å². The molecular formula is C15H29ClN4O. The first-order valence-electron chi connectivity index (χ1n) is 7.56. The SMILES string of the molecule is CCNC(c1c(Cl)cnn1CCN(C)C)C(C)(C)OCC. The van der Waals surface area contributed by atoms with Crippen LogP contribution >= 0.6 is 11.6 Å². The number of likely N-dealkylation sites (N-methyl/N-ethyl adjacent to an activating group) is 2. The number of rotatable bonds is 9. The summed E-state index contributed by atoms with van der Waals surface area (Å²) in [6, 6.07) is -0.000359. The van der Waals surface area contributed by atoms with Gasteiger partial charge in [-0.2, -0.15) is 5.10 Å². The lowest BCUT2D eigenvalue weighted by Crippen LogP contribution is -2.43. The minimum Gasteiger partial charge on any atom is -0.374 e. The first kappa shape index (κ1) is 18.4. The number of nitrogens with zero attached hydrogens (tertiary/aromatic N) is 3. The van der Waals surface area contributed by atoms with E-state index in [2.05, 4.69) is 50.2 Å². The Morgan fingerprint density at radius 1 is 1.43 bits per heavy atom. The Labute approximate surface area is 133 Å². The maximum absolute atomic E-state index is 6.40. The fraction of sp³-hybridized carbons (Fsp3) is 0.800. The maximum atomic E-state index is 6.40. The van der Waals surface area contributed by atoms with Crippen molar-refractivity contribution in [3.63, 3.8) is 0 Å². The zero-order valence-corrected chi connectivity index (χ0v) is 14.9. The number of nitrogens with one attached hydrogen (secondary N) is 1. The van der Waals surface area contributed by atoms with Gasteiger partial charge in [-0.3, -0.25) is 4.68 Å². The normalized spacial score (nSPS) is 13.9. The van der Waals surface area contributed by atoms with Gasteiger partial charge in [0.2, 0.25) is 0 Å². The molecule has 122 valence electrons. The molecule has 6 heteroatoms. The summed E-state index contributed by atoms with van der Waals surface area (Å²) in [6.07, 6.45) is 1.72. The Bertz CT molecular complexity index is 431. The van der Waals surface area contributed by atoms with Gasteiger partial charge in [0, 0.05) is 13.2 Å². The molecule has 1 N–H and O–H groups in total. The van der Waals surface area contributed by atoms with Crippen LogP contribution in [-0.2, 0) is 11.3 Å². The predicted octanol–water partition coefficient (Wildman–Crippen LogP) is 2.56. The molecule has 1 heterocycles. The van der Waals surface area contributed by atoms with E-state index in [1.165, 1.54) is 0 Å². The van der Waals surface area contributed by atoms with Crippen LogP contribution in [0.5, 0.6) is 0 Å². The molecule has 0 saturated heterocycles. The standard InChI is InChI=1S/C15H29ClN4O/c1-7-17-14(15(3,4)21-8-2)13-12(16)11-18-20(13)10-9-19(5)6/h11,14,17H,7-10H2,1-6H3. The van der Waals surface area contributed by atoms with Crippen LogP contribution in [-0.4, -0.2) is 54.1 Å². The molecule has 0 aromatic carbocycles. The van der Waals surface area contributed by atoms with Gasteiger partial charge in [0.05, 0.1) is 35.1 Å². The molecule has 0 aliphatic heterocycles. The quantitative estimate of drug-likeness (QED) is 0.760. The van der Waals surface area contributed by atoms with Crippen LogP contribution in [0, 0.1) is 0 Å². The Hall–Kier alpha value is -0.620. The summed E-state index contributed by atoms with van der Waals surface area (Å²) in [4.78, 5) is 2.13. The zero-order chi connectivity index (χ0) is 16.0. The van der Waals surface area contributed by atoms with E-state index in [1.807, 2.05) is 11.6 Å². The van der Waals surface area contributed by atoms with E-state index >= 15 is 0 Å². The summed E-state index contributed by atoms with van der Waals surface area (Å²) in [6.45, 7) is 11.5. The Morgan fingerprint density at radius 3 is 2.62 bits per heavy atom. The van der Waals surface area contributed by atoms with E-state index in [9.17, 15) is 0 Å². The van der Waals surface area contributed by atoms with Gasteiger partial charge in [0.15, 0.2) is 0 Å². The van der Waals surface area contributed by atoms with Gasteiger partial charge < -0.3 is 15.0 Å². The Morgan fingerprint density at radius 2 is 2.10 bits per heavy atom. The zero-order valence-electron chi connectivity index (χ0n) is 14.1. The van der Waals surface area contributed by atoms with Crippen LogP contribution in [0.15, 0.2) is 6.20 Å². The van der Waals surface area contributed by atoms with Crippen LogP contribution in [0.25, 0.3) is 0 Å². The topological polar surface area (TPSA) is 42.3 Å². The smallest absolute Gasteiger partial charge is 0.0836 e. The van der Waals surface area contributed by atoms with Crippen molar-refractivity contribution in [3.05, 3.63) is 16.9 Å². The fourth-order valence-electron chi connectivity index (χ4n) is 2.46. The average molecular weight is 317 g/mol. The summed E-state index contributed by atoms with van der Waals surface area (Å²) in [5.74, 6) is 0. The molecule has 1 unspecified atom stereocenters. The molecule has 0 saturated carbocycles. The highest BCUT2D eigenvalue weighted by atomic mass is 35.5. The molecule has 5 nitrogen and oxygen atoms in total. The molecule has 1 rings (SSSR count). The fourth-order valence-corrected chi connectivity index (χ4v) is 2.71. The number of halogens is 1. The summed E-state index contributed by atoms with van der Waals surface area (Å²) < 4.78 is 7.91. The first-order chi connectivity index (χ1) is 9.83. The van der Waals surface area contributed by atoms with Crippen LogP contribution < -0.4 is 5.32 Å². The highest BCUT2D eigenvalue weighted by molar-refractivity contribution is 6.31. The predicted molar refractivity (Wildman–Crippen MR) is 87.9 cm³/mol. The van der Waals surface area contributed by atoms with Crippen LogP contribution in [0.1, 0.15) is 39.4 Å². The van der Waals surface area contributed by atoms with Crippen molar-refractivity contribution >= 4 is 11.6 Å². The third-order valence-electron chi connectivity index (χ3n) is 3.49. The second-order valence-corrected chi connectivity index (χ2v) is 6.34. The molecule has 0 spiro atoms. The molecule has 0 fully saturated rings. The number of aromatic nitrogens is 2. The van der Waals surface area contributed by atoms with Gasteiger partial charge in [0.1, 0.15) is 0 Å². The molecular weight excluding hydrogens is 288 g/mol. The molecule has 1 aromatic heterocycles. The van der Waals surface area contributed by atoms with E-state index in [0.29, 0.717) is 11.6 Å². The molecule has 1 atom stereocenters. The van der Waals surface area contributed by atoms with E-state index in [4.69, 9.17) is 16.3 Å². The van der Waals surface area contributed by atoms with E-state index < -0.39 is 0 Å². The lowest BCUT2D eigenvalue weighted by atomic mass is 9.95. The monoisotopic (exact) mass is 316 g/mol. The highest BCUT2D eigenvalue weighted by Crippen LogP contribution is 2.33. The van der Waals surface area contributed by atoms with Gasteiger partial charge >= 0.3 is 0 Å². The number of hydrogen-bond acceptors (Lipinski definition) is 4. The largest absolute Gasteiger partial charge is 0.374 e. The van der Waals surface area contributed by atoms with Crippen molar-refractivity contribution in [2.45, 2.75) is 45.9 Å². The van der Waals surface area contributed by atoms with Gasteiger partial charge in [-0.15, -0.1) is 0 Å². The second-order valence-electron chi connectivity index (χ2n) is 5.93. The summed E-state index contributed by atoms with van der Waals surface area (Å²) >= 11 is 6.40. The summed E-state index contributed by atoms with van der Waals surface area (Å²) in [7, 11) is 4.10. The Balaban J connectivity index is 3.09. The number of ether oxygens (including phenoxy) is 1. The third-order valence-corrected chi connectivity index (χ3v) is 3.78. The molecule has 21 heavy (non-hydrogen) atoms. The summed E-state index contributed by atoms with van der Waals surface area (Å²) in [5, 5.41) is 8.61. The van der Waals surface area contributed by atoms with Crippen molar-refractivity contribution in [1.29, 1.82) is 0 Å². The third kappa shape index (κ3) is 4.95. The van der Waals surface area contributed by atoms with Crippen LogP contribution in [0.4, 0.5) is 0 Å². The van der Waals surface area contributed by atoms with Crippen molar-refractivity contribution in [3.8, 4) is 0 Å². The molecule has 0 amide bonds. The van der Waals surface area contributed by atoms with E-state index in [0.717, 1.165) is 25.3 Å². The molecule has 0 aliphatic carbocycles. The molecule has 1 aromatic rings. The van der Waals surface area contributed by atoms with Crippen molar-refractivity contribution in [2.75, 3.05) is 33.8 Å². The maximum Gasteiger partial charge on any atom is 0.0836 e. The molecule has 0 bridgehead atoms. The molecule has 0 radical (unpaired) electrons. The molecule has 0 aliphatic rings. The van der Waals surface area contributed by atoms with Crippen LogP contribution in [0.2, 0.25) is 5.02 Å².